The fourth-order valence-corrected chi connectivity index (χ4v) is 2.34. The summed E-state index contributed by atoms with van der Waals surface area (Å²) in [5, 5.41) is 4.00. The van der Waals surface area contributed by atoms with Crippen molar-refractivity contribution in [2.45, 2.75) is 38.7 Å². The lowest BCUT2D eigenvalue weighted by atomic mass is 10.1. The van der Waals surface area contributed by atoms with Crippen LogP contribution in [0.25, 0.3) is 0 Å². The highest BCUT2D eigenvalue weighted by atomic mass is 16.5. The van der Waals surface area contributed by atoms with Crippen molar-refractivity contribution in [3.05, 3.63) is 18.2 Å². The Morgan fingerprint density at radius 1 is 1.32 bits per heavy atom. The van der Waals surface area contributed by atoms with Crippen molar-refractivity contribution in [3.63, 3.8) is 0 Å². The van der Waals surface area contributed by atoms with Crippen molar-refractivity contribution < 1.29 is 9.26 Å². The summed E-state index contributed by atoms with van der Waals surface area (Å²) in [6, 6.07) is 2.23. The molecule has 3 heterocycles. The predicted molar refractivity (Wildman–Crippen MR) is 80.7 cm³/mol. The molecule has 0 aromatic carbocycles. The van der Waals surface area contributed by atoms with Crippen LogP contribution < -0.4 is 15.4 Å². The van der Waals surface area contributed by atoms with Gasteiger partial charge in [-0.15, -0.1) is 0 Å². The molecule has 0 unspecified atom stereocenters. The van der Waals surface area contributed by atoms with E-state index in [1.165, 1.54) is 6.33 Å². The van der Waals surface area contributed by atoms with Crippen LogP contribution in [0.2, 0.25) is 0 Å². The Bertz CT molecular complexity index is 621. The van der Waals surface area contributed by atoms with E-state index in [0.29, 0.717) is 17.7 Å². The minimum atomic E-state index is 0.109. The average molecular weight is 304 g/mol. The second-order valence-corrected chi connectivity index (χ2v) is 5.68. The van der Waals surface area contributed by atoms with Crippen LogP contribution in [0.15, 0.2) is 16.9 Å². The number of hydrogen-bond donors (Lipinski definition) is 1. The highest BCUT2D eigenvalue weighted by Gasteiger charge is 2.24. The first-order valence-electron chi connectivity index (χ1n) is 7.44. The number of nitrogens with two attached hydrogens (primary N) is 1. The van der Waals surface area contributed by atoms with Crippen LogP contribution in [0.1, 0.15) is 38.4 Å². The first-order chi connectivity index (χ1) is 10.6. The Balaban J connectivity index is 1.55. The summed E-state index contributed by atoms with van der Waals surface area (Å²) >= 11 is 0. The van der Waals surface area contributed by atoms with Gasteiger partial charge in [-0.3, -0.25) is 0 Å². The molecule has 0 saturated carbocycles. The van der Waals surface area contributed by atoms with E-state index in [4.69, 9.17) is 15.0 Å². The molecule has 2 N–H and O–H groups in total. The second kappa shape index (κ2) is 6.17. The summed E-state index contributed by atoms with van der Waals surface area (Å²) in [5.41, 5.74) is 5.62. The third-order valence-corrected chi connectivity index (χ3v) is 3.61. The predicted octanol–water partition coefficient (Wildman–Crippen LogP) is 1.61. The van der Waals surface area contributed by atoms with Gasteiger partial charge >= 0.3 is 6.01 Å². The van der Waals surface area contributed by atoms with Gasteiger partial charge in [0.25, 0.3) is 0 Å². The van der Waals surface area contributed by atoms with E-state index in [1.54, 1.807) is 6.07 Å². The van der Waals surface area contributed by atoms with Crippen LogP contribution in [-0.4, -0.2) is 39.3 Å². The Labute approximate surface area is 128 Å². The van der Waals surface area contributed by atoms with Crippen molar-refractivity contribution in [1.82, 2.24) is 20.1 Å². The van der Waals surface area contributed by atoms with Crippen molar-refractivity contribution in [2.24, 2.45) is 0 Å². The maximum atomic E-state index is 5.84. The van der Waals surface area contributed by atoms with Crippen molar-refractivity contribution in [3.8, 4) is 5.88 Å². The minimum Gasteiger partial charge on any atom is -0.474 e. The lowest BCUT2D eigenvalue weighted by Gasteiger charge is -2.30. The van der Waals surface area contributed by atoms with Gasteiger partial charge in [0.05, 0.1) is 0 Å². The first-order valence-corrected chi connectivity index (χ1v) is 7.44. The van der Waals surface area contributed by atoms with E-state index in [0.717, 1.165) is 31.8 Å². The monoisotopic (exact) mass is 304 g/mol. The van der Waals surface area contributed by atoms with Crippen LogP contribution in [0.4, 0.5) is 11.8 Å². The molecule has 8 nitrogen and oxygen atoms in total. The number of anilines is 2. The van der Waals surface area contributed by atoms with Crippen LogP contribution in [-0.2, 0) is 0 Å². The van der Waals surface area contributed by atoms with Gasteiger partial charge in [0.15, 0.2) is 5.82 Å². The van der Waals surface area contributed by atoms with Crippen LogP contribution >= 0.6 is 0 Å². The van der Waals surface area contributed by atoms with Gasteiger partial charge in [-0.05, 0) is 0 Å². The topological polar surface area (TPSA) is 103 Å². The zero-order valence-electron chi connectivity index (χ0n) is 12.8. The molecule has 0 atom stereocenters. The number of piperidine rings is 1. The number of rotatable bonds is 4. The molecule has 8 heteroatoms. The van der Waals surface area contributed by atoms with Gasteiger partial charge in [-0.2, -0.15) is 4.98 Å². The lowest BCUT2D eigenvalue weighted by molar-refractivity contribution is 0.161. The van der Waals surface area contributed by atoms with E-state index < -0.39 is 0 Å². The fourth-order valence-electron chi connectivity index (χ4n) is 2.34. The molecule has 2 aromatic heterocycles. The molecule has 118 valence electrons. The Morgan fingerprint density at radius 2 is 2.09 bits per heavy atom. The summed E-state index contributed by atoms with van der Waals surface area (Å²) in [5.74, 6) is 1.94. The first kappa shape index (κ1) is 14.6. The second-order valence-electron chi connectivity index (χ2n) is 5.68. The maximum Gasteiger partial charge on any atom is 0.324 e. The molecule has 0 aliphatic carbocycles. The van der Waals surface area contributed by atoms with Gasteiger partial charge in [0.2, 0.25) is 5.88 Å². The molecule has 2 aromatic rings. The SMILES string of the molecule is CC(C)c1noc(N2CCC(Oc3cc(N)ncn3)CC2)n1. The molecule has 1 saturated heterocycles. The van der Waals surface area contributed by atoms with E-state index in [9.17, 15) is 0 Å². The van der Waals surface area contributed by atoms with Crippen molar-refractivity contribution in [2.75, 3.05) is 23.7 Å². The van der Waals surface area contributed by atoms with E-state index in [2.05, 4.69) is 25.0 Å². The number of nitrogen functional groups attached to an aromatic ring is 1. The molecule has 0 spiro atoms. The molecule has 1 fully saturated rings. The molecule has 22 heavy (non-hydrogen) atoms. The van der Waals surface area contributed by atoms with Gasteiger partial charge < -0.3 is 19.9 Å². The van der Waals surface area contributed by atoms with Crippen LogP contribution in [0, 0.1) is 0 Å². The summed E-state index contributed by atoms with van der Waals surface area (Å²) in [6.07, 6.45) is 3.25. The third-order valence-electron chi connectivity index (χ3n) is 3.61. The quantitative estimate of drug-likeness (QED) is 0.908. The number of ether oxygens (including phenoxy) is 1. The molecule has 3 rings (SSSR count). The standard InChI is InChI=1S/C14H20N6O2/c1-9(2)13-18-14(22-19-13)20-5-3-10(4-6-20)21-12-7-11(15)16-8-17-12/h7-10H,3-6H2,1-2H3,(H2,15,16,17). The van der Waals surface area contributed by atoms with Crippen LogP contribution in [0.3, 0.4) is 0 Å². The van der Waals surface area contributed by atoms with Gasteiger partial charge in [0, 0.05) is 37.9 Å². The smallest absolute Gasteiger partial charge is 0.324 e. The van der Waals surface area contributed by atoms with Gasteiger partial charge in [0.1, 0.15) is 18.2 Å². The molecular formula is C14H20N6O2. The van der Waals surface area contributed by atoms with Crippen LogP contribution in [0.5, 0.6) is 5.88 Å². The molecule has 1 aliphatic rings. The lowest BCUT2D eigenvalue weighted by Crippen LogP contribution is -2.38. The van der Waals surface area contributed by atoms with E-state index in [1.807, 2.05) is 13.8 Å². The van der Waals surface area contributed by atoms with Gasteiger partial charge in [-0.25, -0.2) is 9.97 Å². The normalized spacial score (nSPS) is 16.2. The largest absolute Gasteiger partial charge is 0.474 e. The highest BCUT2D eigenvalue weighted by molar-refractivity contribution is 5.31. The summed E-state index contributed by atoms with van der Waals surface area (Å²) < 4.78 is 11.2. The average Bonchev–Trinajstić information content (AvgIpc) is 2.98. The molecule has 1 aliphatic heterocycles. The third kappa shape index (κ3) is 3.26. The molecular weight excluding hydrogens is 284 g/mol. The summed E-state index contributed by atoms with van der Waals surface area (Å²) in [6.45, 7) is 5.71. The highest BCUT2D eigenvalue weighted by Crippen LogP contribution is 2.22. The molecule has 0 radical (unpaired) electrons. The Kier molecular flexibility index (Phi) is 4.08. The van der Waals surface area contributed by atoms with E-state index in [-0.39, 0.29) is 12.0 Å². The number of nitrogens with zero attached hydrogens (tertiary/aromatic N) is 5. The zero-order valence-corrected chi connectivity index (χ0v) is 12.8. The summed E-state index contributed by atoms with van der Waals surface area (Å²) in [7, 11) is 0. The van der Waals surface area contributed by atoms with Crippen molar-refractivity contribution in [1.29, 1.82) is 0 Å². The number of hydrogen-bond acceptors (Lipinski definition) is 8. The number of aromatic nitrogens is 4. The Hall–Kier alpha value is -2.38. The van der Waals surface area contributed by atoms with E-state index >= 15 is 0 Å². The fraction of sp³-hybridized carbons (Fsp3) is 0.571. The summed E-state index contributed by atoms with van der Waals surface area (Å²) in [4.78, 5) is 14.4. The minimum absolute atomic E-state index is 0.109. The maximum absolute atomic E-state index is 5.84. The molecule has 0 amide bonds. The van der Waals surface area contributed by atoms with Gasteiger partial charge in [-0.1, -0.05) is 19.0 Å². The van der Waals surface area contributed by atoms with Crippen molar-refractivity contribution >= 4 is 11.8 Å². The Morgan fingerprint density at radius 3 is 2.73 bits per heavy atom. The zero-order chi connectivity index (χ0) is 15.5. The molecule has 0 bridgehead atoms.